The van der Waals surface area contributed by atoms with Crippen LogP contribution in [-0.4, -0.2) is 22.5 Å². The molecule has 1 saturated carbocycles. The van der Waals surface area contributed by atoms with E-state index in [0.717, 1.165) is 32.1 Å². The fraction of sp³-hybridized carbons (Fsp3) is 0.867. The van der Waals surface area contributed by atoms with Gasteiger partial charge in [-0.05, 0) is 33.1 Å². The van der Waals surface area contributed by atoms with E-state index in [2.05, 4.69) is 12.2 Å². The molecule has 0 unspecified atom stereocenters. The largest absolute Gasteiger partial charge is 0.481 e. The molecule has 4 nitrogen and oxygen atoms in total. The van der Waals surface area contributed by atoms with Crippen LogP contribution in [0, 0.1) is 5.41 Å². The normalized spacial score (nSPS) is 18.9. The summed E-state index contributed by atoms with van der Waals surface area (Å²) < 4.78 is 0. The highest BCUT2D eigenvalue weighted by molar-refractivity contribution is 5.85. The second-order valence-corrected chi connectivity index (χ2v) is 6.50. The number of aliphatic carboxylic acids is 1. The topological polar surface area (TPSA) is 66.4 Å². The molecule has 1 fully saturated rings. The Morgan fingerprint density at radius 2 is 1.79 bits per heavy atom. The zero-order chi connectivity index (χ0) is 14.5. The summed E-state index contributed by atoms with van der Waals surface area (Å²) in [6.07, 6.45) is 6.19. The summed E-state index contributed by atoms with van der Waals surface area (Å²) in [7, 11) is 0. The van der Waals surface area contributed by atoms with Crippen LogP contribution in [0.15, 0.2) is 0 Å². The molecule has 19 heavy (non-hydrogen) atoms. The third-order valence-corrected chi connectivity index (χ3v) is 4.12. The third kappa shape index (κ3) is 4.51. The smallest absolute Gasteiger partial charge is 0.310 e. The molecule has 0 saturated heterocycles. The van der Waals surface area contributed by atoms with E-state index in [1.165, 1.54) is 0 Å². The zero-order valence-electron chi connectivity index (χ0n) is 12.4. The molecule has 0 aromatic carbocycles. The number of carboxylic acid groups (broad SMARTS) is 1. The molecule has 1 aliphatic rings. The van der Waals surface area contributed by atoms with E-state index in [4.69, 9.17) is 0 Å². The molecule has 0 spiro atoms. The van der Waals surface area contributed by atoms with Gasteiger partial charge in [-0.25, -0.2) is 0 Å². The van der Waals surface area contributed by atoms with Crippen LogP contribution in [-0.2, 0) is 9.59 Å². The number of hydrogen-bond acceptors (Lipinski definition) is 2. The molecular weight excluding hydrogens is 242 g/mol. The molecule has 4 heteroatoms. The first-order valence-electron chi connectivity index (χ1n) is 7.36. The Kier molecular flexibility index (Phi) is 5.39. The van der Waals surface area contributed by atoms with Gasteiger partial charge in [-0.15, -0.1) is 0 Å². The number of hydrogen-bond donors (Lipinski definition) is 2. The van der Waals surface area contributed by atoms with Crippen LogP contribution in [0.4, 0.5) is 0 Å². The Hall–Kier alpha value is -1.06. The highest BCUT2D eigenvalue weighted by atomic mass is 16.4. The van der Waals surface area contributed by atoms with Crippen LogP contribution in [0.1, 0.15) is 72.1 Å². The van der Waals surface area contributed by atoms with Crippen molar-refractivity contribution < 1.29 is 14.7 Å². The minimum absolute atomic E-state index is 0.121. The van der Waals surface area contributed by atoms with Gasteiger partial charge >= 0.3 is 5.97 Å². The zero-order valence-corrected chi connectivity index (χ0v) is 12.4. The monoisotopic (exact) mass is 269 g/mol. The van der Waals surface area contributed by atoms with E-state index in [-0.39, 0.29) is 17.9 Å². The molecule has 1 rings (SSSR count). The van der Waals surface area contributed by atoms with E-state index in [0.29, 0.717) is 12.8 Å². The van der Waals surface area contributed by atoms with Crippen molar-refractivity contribution in [3.05, 3.63) is 0 Å². The van der Waals surface area contributed by atoms with Crippen LogP contribution in [0.5, 0.6) is 0 Å². The van der Waals surface area contributed by atoms with Crippen molar-refractivity contribution in [3.63, 3.8) is 0 Å². The molecule has 0 aromatic heterocycles. The number of amides is 1. The van der Waals surface area contributed by atoms with Gasteiger partial charge in [-0.2, -0.15) is 0 Å². The number of rotatable bonds is 6. The predicted octanol–water partition coefficient (Wildman–Crippen LogP) is 3.11. The number of carbonyl (C=O) groups excluding carboxylic acids is 1. The van der Waals surface area contributed by atoms with Crippen LogP contribution in [0.2, 0.25) is 0 Å². The lowest BCUT2D eigenvalue weighted by atomic mass is 9.71. The summed E-state index contributed by atoms with van der Waals surface area (Å²) in [4.78, 5) is 23.7. The molecule has 1 aliphatic carbocycles. The molecule has 1 amide bonds. The second-order valence-electron chi connectivity index (χ2n) is 6.50. The molecule has 0 heterocycles. The Morgan fingerprint density at radius 3 is 2.26 bits per heavy atom. The third-order valence-electron chi connectivity index (χ3n) is 4.12. The summed E-state index contributed by atoms with van der Waals surface area (Å²) in [5.74, 6) is -0.932. The van der Waals surface area contributed by atoms with Crippen molar-refractivity contribution in [2.75, 3.05) is 0 Å². The lowest BCUT2D eigenvalue weighted by molar-refractivity contribution is -0.154. The summed E-state index contributed by atoms with van der Waals surface area (Å²) in [5.41, 5.74) is -1.08. The summed E-state index contributed by atoms with van der Waals surface area (Å²) in [6, 6.07) is 0. The van der Waals surface area contributed by atoms with Crippen molar-refractivity contribution in [1.82, 2.24) is 5.32 Å². The van der Waals surface area contributed by atoms with Crippen LogP contribution in [0.25, 0.3) is 0 Å². The standard InChI is InChI=1S/C15H27NO3/c1-4-8-14(2,3)16-12(17)11-15(13(18)19)9-6-5-7-10-15/h4-11H2,1-3H3,(H,16,17)(H,18,19). The minimum atomic E-state index is -0.829. The van der Waals surface area contributed by atoms with E-state index in [1.807, 2.05) is 13.8 Å². The van der Waals surface area contributed by atoms with Gasteiger partial charge in [-0.1, -0.05) is 32.6 Å². The van der Waals surface area contributed by atoms with Gasteiger partial charge in [-0.3, -0.25) is 9.59 Å². The fourth-order valence-corrected chi connectivity index (χ4v) is 3.11. The first kappa shape index (κ1) is 16.0. The van der Waals surface area contributed by atoms with Crippen molar-refractivity contribution in [3.8, 4) is 0 Å². The Labute approximate surface area is 116 Å². The Bertz CT molecular complexity index is 330. The average Bonchev–Trinajstić information content (AvgIpc) is 2.28. The lowest BCUT2D eigenvalue weighted by Crippen LogP contribution is -2.47. The summed E-state index contributed by atoms with van der Waals surface area (Å²) in [6.45, 7) is 6.05. The minimum Gasteiger partial charge on any atom is -0.481 e. The van der Waals surface area contributed by atoms with E-state index in [1.54, 1.807) is 0 Å². The maximum absolute atomic E-state index is 12.1. The Balaban J connectivity index is 2.64. The maximum atomic E-state index is 12.1. The van der Waals surface area contributed by atoms with Crippen molar-refractivity contribution in [2.45, 2.75) is 77.7 Å². The lowest BCUT2D eigenvalue weighted by Gasteiger charge is -2.34. The second kappa shape index (κ2) is 6.40. The molecule has 0 aliphatic heterocycles. The number of nitrogens with one attached hydrogen (secondary N) is 1. The highest BCUT2D eigenvalue weighted by Crippen LogP contribution is 2.39. The first-order valence-corrected chi connectivity index (χ1v) is 7.36. The van der Waals surface area contributed by atoms with Crippen LogP contribution >= 0.6 is 0 Å². The molecule has 2 N–H and O–H groups in total. The van der Waals surface area contributed by atoms with E-state index >= 15 is 0 Å². The van der Waals surface area contributed by atoms with Crippen LogP contribution < -0.4 is 5.32 Å². The van der Waals surface area contributed by atoms with Crippen molar-refractivity contribution in [2.24, 2.45) is 5.41 Å². The quantitative estimate of drug-likeness (QED) is 0.778. The molecule has 110 valence electrons. The SMILES string of the molecule is CCCC(C)(C)NC(=O)CC1(C(=O)O)CCCCC1. The molecule has 0 aromatic rings. The Morgan fingerprint density at radius 1 is 1.21 bits per heavy atom. The van der Waals surface area contributed by atoms with Gasteiger partial charge in [0.25, 0.3) is 0 Å². The molecular formula is C15H27NO3. The van der Waals surface area contributed by atoms with Gasteiger partial charge in [0.1, 0.15) is 0 Å². The molecule has 0 atom stereocenters. The average molecular weight is 269 g/mol. The number of carbonyl (C=O) groups is 2. The highest BCUT2D eigenvalue weighted by Gasteiger charge is 2.41. The van der Waals surface area contributed by atoms with E-state index in [9.17, 15) is 14.7 Å². The molecule has 0 bridgehead atoms. The van der Waals surface area contributed by atoms with Gasteiger partial charge in [0.05, 0.1) is 5.41 Å². The summed E-state index contributed by atoms with van der Waals surface area (Å²) >= 11 is 0. The molecule has 0 radical (unpaired) electrons. The van der Waals surface area contributed by atoms with Crippen molar-refractivity contribution in [1.29, 1.82) is 0 Å². The van der Waals surface area contributed by atoms with Gasteiger partial charge in [0.2, 0.25) is 5.91 Å². The van der Waals surface area contributed by atoms with Gasteiger partial charge in [0.15, 0.2) is 0 Å². The predicted molar refractivity (Wildman–Crippen MR) is 74.9 cm³/mol. The maximum Gasteiger partial charge on any atom is 0.310 e. The van der Waals surface area contributed by atoms with Gasteiger partial charge in [0, 0.05) is 12.0 Å². The van der Waals surface area contributed by atoms with E-state index < -0.39 is 11.4 Å². The number of carboxylic acids is 1. The summed E-state index contributed by atoms with van der Waals surface area (Å²) in [5, 5.41) is 12.4. The van der Waals surface area contributed by atoms with Crippen LogP contribution in [0.3, 0.4) is 0 Å². The van der Waals surface area contributed by atoms with Gasteiger partial charge < -0.3 is 10.4 Å². The van der Waals surface area contributed by atoms with Crippen molar-refractivity contribution >= 4 is 11.9 Å². The first-order chi connectivity index (χ1) is 8.81. The fourth-order valence-electron chi connectivity index (χ4n) is 3.11.